The molecule has 0 aliphatic carbocycles. The third kappa shape index (κ3) is 4.28. The number of carbonyl (C=O) groups is 1. The molecule has 0 saturated heterocycles. The van der Waals surface area contributed by atoms with Crippen molar-refractivity contribution in [2.45, 2.75) is 6.54 Å². The van der Waals surface area contributed by atoms with Crippen molar-refractivity contribution in [2.24, 2.45) is 0 Å². The maximum absolute atomic E-state index is 13.3. The van der Waals surface area contributed by atoms with Gasteiger partial charge in [-0.05, 0) is 34.7 Å². The summed E-state index contributed by atoms with van der Waals surface area (Å²) in [4.78, 5) is 15.9. The smallest absolute Gasteiger partial charge is 0.272 e. The number of rotatable bonds is 6. The molecule has 0 N–H and O–H groups in total. The number of hydrogen-bond acceptors (Lipinski definition) is 6. The average Bonchev–Trinajstić information content (AvgIpc) is 3.48. The Morgan fingerprint density at radius 1 is 1.21 bits per heavy atom. The zero-order valence-electron chi connectivity index (χ0n) is 15.4. The molecule has 1 amide bonds. The second-order valence-electron chi connectivity index (χ2n) is 6.19. The van der Waals surface area contributed by atoms with Crippen LogP contribution in [-0.4, -0.2) is 38.1 Å². The van der Waals surface area contributed by atoms with Gasteiger partial charge in [0.2, 0.25) is 0 Å². The molecule has 1 aromatic carbocycles. The number of likely N-dealkylation sites (N-methyl/N-ethyl adjacent to an activating group) is 1. The van der Waals surface area contributed by atoms with Crippen LogP contribution in [0.15, 0.2) is 65.3 Å². The molecular formula is C20H16ClN5O2S. The summed E-state index contributed by atoms with van der Waals surface area (Å²) in [7, 11) is 1.72. The highest BCUT2D eigenvalue weighted by molar-refractivity contribution is 7.16. The molecule has 0 unspecified atom stereocenters. The van der Waals surface area contributed by atoms with Gasteiger partial charge in [-0.25, -0.2) is 0 Å². The van der Waals surface area contributed by atoms with E-state index in [1.807, 2.05) is 42.5 Å². The Labute approximate surface area is 175 Å². The predicted octanol–water partition coefficient (Wildman–Crippen LogP) is 4.30. The second-order valence-corrected chi connectivity index (χ2v) is 7.99. The van der Waals surface area contributed by atoms with Crippen LogP contribution in [0.3, 0.4) is 0 Å². The van der Waals surface area contributed by atoms with E-state index < -0.39 is 0 Å². The van der Waals surface area contributed by atoms with E-state index in [2.05, 4.69) is 15.5 Å². The Morgan fingerprint density at radius 3 is 2.72 bits per heavy atom. The van der Waals surface area contributed by atoms with Crippen molar-refractivity contribution >= 4 is 40.6 Å². The minimum absolute atomic E-state index is 0.254. The minimum Gasteiger partial charge on any atom is -0.465 e. The summed E-state index contributed by atoms with van der Waals surface area (Å²) in [5.74, 6) is 0.732. The van der Waals surface area contributed by atoms with Crippen molar-refractivity contribution in [1.82, 2.24) is 25.1 Å². The van der Waals surface area contributed by atoms with E-state index in [4.69, 9.17) is 16.0 Å². The highest BCUT2D eigenvalue weighted by Gasteiger charge is 2.23. The standard InChI is InChI=1S/C20H16ClN5O2S/c1-25(13-16-9-10-18(21)29-16)20(27)17(12-15-8-5-11-28-15)26-19(22-23-24-26)14-6-3-2-4-7-14/h2-12H,13H2,1H3/b17-12+. The van der Waals surface area contributed by atoms with Crippen molar-refractivity contribution in [3.8, 4) is 11.4 Å². The summed E-state index contributed by atoms with van der Waals surface area (Å²) in [6.07, 6.45) is 3.17. The lowest BCUT2D eigenvalue weighted by Crippen LogP contribution is -2.29. The summed E-state index contributed by atoms with van der Waals surface area (Å²) in [5, 5.41) is 12.0. The molecule has 0 fully saturated rings. The molecule has 7 nitrogen and oxygen atoms in total. The molecule has 146 valence electrons. The van der Waals surface area contributed by atoms with Crippen LogP contribution in [0, 0.1) is 0 Å². The number of thiophene rings is 1. The molecule has 3 aromatic heterocycles. The van der Waals surface area contributed by atoms with E-state index in [9.17, 15) is 4.79 Å². The van der Waals surface area contributed by atoms with E-state index in [0.29, 0.717) is 22.5 Å². The maximum atomic E-state index is 13.3. The molecule has 0 aliphatic rings. The topological polar surface area (TPSA) is 77.0 Å². The van der Waals surface area contributed by atoms with E-state index >= 15 is 0 Å². The number of halogens is 1. The quantitative estimate of drug-likeness (QED) is 0.430. The molecule has 0 bridgehead atoms. The van der Waals surface area contributed by atoms with Gasteiger partial charge in [-0.15, -0.1) is 16.4 Å². The normalized spacial score (nSPS) is 11.6. The zero-order chi connectivity index (χ0) is 20.2. The van der Waals surface area contributed by atoms with Gasteiger partial charge in [0.05, 0.1) is 17.1 Å². The van der Waals surface area contributed by atoms with Crippen molar-refractivity contribution in [1.29, 1.82) is 0 Å². The van der Waals surface area contributed by atoms with Gasteiger partial charge in [-0.3, -0.25) is 4.79 Å². The highest BCUT2D eigenvalue weighted by atomic mass is 35.5. The van der Waals surface area contributed by atoms with Crippen molar-refractivity contribution in [3.63, 3.8) is 0 Å². The van der Waals surface area contributed by atoms with Gasteiger partial charge in [-0.1, -0.05) is 41.9 Å². The lowest BCUT2D eigenvalue weighted by atomic mass is 10.2. The molecule has 0 radical (unpaired) electrons. The van der Waals surface area contributed by atoms with Gasteiger partial charge in [0.1, 0.15) is 11.5 Å². The number of amides is 1. The monoisotopic (exact) mass is 425 g/mol. The van der Waals surface area contributed by atoms with Gasteiger partial charge in [-0.2, -0.15) is 4.68 Å². The molecule has 9 heteroatoms. The zero-order valence-corrected chi connectivity index (χ0v) is 17.0. The molecule has 0 aliphatic heterocycles. The maximum Gasteiger partial charge on any atom is 0.272 e. The van der Waals surface area contributed by atoms with E-state index in [0.717, 1.165) is 10.4 Å². The largest absolute Gasteiger partial charge is 0.465 e. The van der Waals surface area contributed by atoms with E-state index in [1.165, 1.54) is 16.0 Å². The number of nitrogens with zero attached hydrogens (tertiary/aromatic N) is 5. The first-order valence-electron chi connectivity index (χ1n) is 8.71. The van der Waals surface area contributed by atoms with Gasteiger partial charge < -0.3 is 9.32 Å². The van der Waals surface area contributed by atoms with Crippen LogP contribution in [0.5, 0.6) is 0 Å². The Balaban J connectivity index is 1.72. The SMILES string of the molecule is CN(Cc1ccc(Cl)s1)C(=O)/C(=C\c1ccco1)n1nnnc1-c1ccccc1. The Morgan fingerprint density at radius 2 is 2.03 bits per heavy atom. The number of aromatic nitrogens is 4. The average molecular weight is 426 g/mol. The van der Waals surface area contributed by atoms with Gasteiger partial charge in [0.25, 0.3) is 5.91 Å². The first-order chi connectivity index (χ1) is 14.1. The molecule has 0 saturated carbocycles. The number of tetrazole rings is 1. The third-order valence-electron chi connectivity index (χ3n) is 4.14. The van der Waals surface area contributed by atoms with Crippen molar-refractivity contribution in [3.05, 3.63) is 75.8 Å². The Hall–Kier alpha value is -3.23. The summed E-state index contributed by atoms with van der Waals surface area (Å²) < 4.78 is 7.52. The lowest BCUT2D eigenvalue weighted by Gasteiger charge is -2.18. The molecular weight excluding hydrogens is 410 g/mol. The first-order valence-corrected chi connectivity index (χ1v) is 9.90. The van der Waals surface area contributed by atoms with E-state index in [1.54, 1.807) is 36.4 Å². The molecule has 4 aromatic rings. The summed E-state index contributed by atoms with van der Waals surface area (Å²) in [5.41, 5.74) is 1.07. The lowest BCUT2D eigenvalue weighted by molar-refractivity contribution is -0.124. The van der Waals surface area contributed by atoms with Crippen LogP contribution in [0.1, 0.15) is 10.6 Å². The van der Waals surface area contributed by atoms with Crippen LogP contribution in [0.4, 0.5) is 0 Å². The molecule has 3 heterocycles. The minimum atomic E-state index is -0.254. The summed E-state index contributed by atoms with van der Waals surface area (Å²) in [6, 6.07) is 16.7. The highest BCUT2D eigenvalue weighted by Crippen LogP contribution is 2.25. The van der Waals surface area contributed by atoms with Gasteiger partial charge in [0, 0.05) is 23.6 Å². The Kier molecular flexibility index (Phi) is 5.55. The molecule has 0 atom stereocenters. The number of furan rings is 1. The molecule has 4 rings (SSSR count). The van der Waals surface area contributed by atoms with Crippen molar-refractivity contribution in [2.75, 3.05) is 7.05 Å². The first kappa shape index (κ1) is 19.1. The summed E-state index contributed by atoms with van der Waals surface area (Å²) in [6.45, 7) is 0.411. The van der Waals surface area contributed by atoms with Crippen LogP contribution in [-0.2, 0) is 11.3 Å². The van der Waals surface area contributed by atoms with Gasteiger partial charge >= 0.3 is 0 Å². The van der Waals surface area contributed by atoms with Crippen LogP contribution < -0.4 is 0 Å². The van der Waals surface area contributed by atoms with Crippen LogP contribution >= 0.6 is 22.9 Å². The fourth-order valence-corrected chi connectivity index (χ4v) is 3.92. The fraction of sp³-hybridized carbons (Fsp3) is 0.100. The molecule has 0 spiro atoms. The summed E-state index contributed by atoms with van der Waals surface area (Å²) >= 11 is 7.45. The number of benzene rings is 1. The Bertz CT molecular complexity index is 1130. The van der Waals surface area contributed by atoms with Crippen molar-refractivity contribution < 1.29 is 9.21 Å². The van der Waals surface area contributed by atoms with Crippen LogP contribution in [0.25, 0.3) is 23.2 Å². The number of hydrogen-bond donors (Lipinski definition) is 0. The third-order valence-corrected chi connectivity index (χ3v) is 5.36. The van der Waals surface area contributed by atoms with Gasteiger partial charge in [0.15, 0.2) is 5.82 Å². The number of carbonyl (C=O) groups excluding carboxylic acids is 1. The van der Waals surface area contributed by atoms with E-state index in [-0.39, 0.29) is 11.6 Å². The second kappa shape index (κ2) is 8.42. The molecule has 29 heavy (non-hydrogen) atoms. The van der Waals surface area contributed by atoms with Crippen LogP contribution in [0.2, 0.25) is 4.34 Å². The predicted molar refractivity (Wildman–Crippen MR) is 112 cm³/mol. The fourth-order valence-electron chi connectivity index (χ4n) is 2.78.